The third-order valence-electron chi connectivity index (χ3n) is 2.78. The molecule has 0 saturated carbocycles. The minimum atomic E-state index is -1.42. The molecule has 0 radical (unpaired) electrons. The van der Waals surface area contributed by atoms with Crippen molar-refractivity contribution in [3.05, 3.63) is 51.5 Å². The van der Waals surface area contributed by atoms with Gasteiger partial charge < -0.3 is 25.2 Å². The predicted octanol–water partition coefficient (Wildman–Crippen LogP) is 0.566. The van der Waals surface area contributed by atoms with Crippen LogP contribution in [0.4, 0.5) is 5.69 Å². The minimum absolute atomic E-state index is 0.0586. The number of non-ortho nitro benzene ring substituents is 1. The molecule has 0 unspecified atom stereocenters. The molecule has 10 nitrogen and oxygen atoms in total. The van der Waals surface area contributed by atoms with Gasteiger partial charge in [-0.05, 0) is 23.7 Å². The van der Waals surface area contributed by atoms with E-state index in [1.54, 1.807) is 0 Å². The van der Waals surface area contributed by atoms with Gasteiger partial charge in [-0.15, -0.1) is 0 Å². The molecule has 2 atom stereocenters. The maximum Gasteiger partial charge on any atom is 0.377 e. The Balaban J connectivity index is 0.000000240. The van der Waals surface area contributed by atoms with Gasteiger partial charge in [-0.1, -0.05) is 0 Å². The number of benzene rings is 1. The molecule has 1 aliphatic rings. The number of halogens is 1. The number of nitrogens with zero attached hydrogens (tertiary/aromatic N) is 1. The maximum absolute atomic E-state index is 10.5. The van der Waals surface area contributed by atoms with Crippen LogP contribution < -0.4 is 0 Å². The molecule has 0 aromatic heterocycles. The van der Waals surface area contributed by atoms with E-state index in [9.17, 15) is 19.7 Å². The number of hydrogen-bond donors (Lipinski definition) is 4. The lowest BCUT2D eigenvalue weighted by molar-refractivity contribution is -0.384. The summed E-state index contributed by atoms with van der Waals surface area (Å²) in [5.74, 6) is -2.78. The summed E-state index contributed by atoms with van der Waals surface area (Å²) in [6, 6.07) is 5.09. The second-order valence-electron chi connectivity index (χ2n) is 4.39. The largest absolute Gasteiger partial charge is 0.505 e. The van der Waals surface area contributed by atoms with Crippen LogP contribution in [-0.2, 0) is 9.53 Å². The number of aliphatic hydroxyl groups is 4. The van der Waals surface area contributed by atoms with E-state index in [0.717, 1.165) is 0 Å². The lowest BCUT2D eigenvalue weighted by Gasteiger charge is -2.13. The Bertz CT molecular complexity index is 638. The molecule has 0 aliphatic carbocycles. The quantitative estimate of drug-likeness (QED) is 0.259. The van der Waals surface area contributed by atoms with Crippen LogP contribution in [0.5, 0.6) is 0 Å². The Morgan fingerprint density at radius 3 is 2.21 bits per heavy atom. The van der Waals surface area contributed by atoms with Crippen molar-refractivity contribution in [3.63, 3.8) is 0 Å². The van der Waals surface area contributed by atoms with Gasteiger partial charge in [0.2, 0.25) is 5.76 Å². The van der Waals surface area contributed by atoms with Crippen LogP contribution >= 0.6 is 11.6 Å². The van der Waals surface area contributed by atoms with Gasteiger partial charge in [-0.2, -0.15) is 0 Å². The summed E-state index contributed by atoms with van der Waals surface area (Å²) in [6.45, 7) is -0.671. The zero-order chi connectivity index (χ0) is 18.4. The number of cyclic esters (lactones) is 1. The lowest BCUT2D eigenvalue weighted by atomic mass is 10.2. The molecule has 2 rings (SSSR count). The number of hydrogen-bond acceptors (Lipinski definition) is 9. The van der Waals surface area contributed by atoms with Gasteiger partial charge in [0, 0.05) is 17.7 Å². The van der Waals surface area contributed by atoms with Crippen LogP contribution in [0, 0.1) is 10.1 Å². The van der Waals surface area contributed by atoms with Crippen molar-refractivity contribution in [1.82, 2.24) is 0 Å². The van der Waals surface area contributed by atoms with Crippen molar-refractivity contribution in [2.45, 2.75) is 12.2 Å². The van der Waals surface area contributed by atoms with Crippen LogP contribution in [0.3, 0.4) is 0 Å². The van der Waals surface area contributed by atoms with Crippen molar-refractivity contribution in [2.75, 3.05) is 6.61 Å². The van der Waals surface area contributed by atoms with Crippen LogP contribution in [0.15, 0.2) is 35.8 Å². The first-order chi connectivity index (χ1) is 11.2. The summed E-state index contributed by atoms with van der Waals surface area (Å²) in [5.41, 5.74) is 0.193. The topological polar surface area (TPSA) is 167 Å². The van der Waals surface area contributed by atoms with Crippen molar-refractivity contribution >= 4 is 28.5 Å². The van der Waals surface area contributed by atoms with Crippen LogP contribution in [0.2, 0.25) is 0 Å². The normalized spacial score (nSPS) is 17.6. The highest BCUT2D eigenvalue weighted by Gasteiger charge is 2.38. The molecular formula is C13H12ClNO9. The molecule has 0 fully saturated rings. The summed E-state index contributed by atoms with van der Waals surface area (Å²) in [6.07, 6.45) is -2.78. The molecule has 1 aliphatic heterocycles. The van der Waals surface area contributed by atoms with Gasteiger partial charge >= 0.3 is 5.97 Å². The molecule has 24 heavy (non-hydrogen) atoms. The molecule has 11 heteroatoms. The Morgan fingerprint density at radius 2 is 1.88 bits per heavy atom. The van der Waals surface area contributed by atoms with Crippen LogP contribution in [-0.4, -0.2) is 55.4 Å². The van der Waals surface area contributed by atoms with E-state index >= 15 is 0 Å². The van der Waals surface area contributed by atoms with Gasteiger partial charge in [0.15, 0.2) is 11.9 Å². The van der Waals surface area contributed by atoms with E-state index in [1.807, 2.05) is 0 Å². The maximum atomic E-state index is 10.5. The fraction of sp³-hybridized carbons (Fsp3) is 0.231. The van der Waals surface area contributed by atoms with E-state index in [2.05, 4.69) is 4.74 Å². The molecule has 0 bridgehead atoms. The average molecular weight is 362 g/mol. The molecule has 130 valence electrons. The fourth-order valence-corrected chi connectivity index (χ4v) is 1.66. The monoisotopic (exact) mass is 361 g/mol. The average Bonchev–Trinajstić information content (AvgIpc) is 2.82. The Hall–Kier alpha value is -2.69. The van der Waals surface area contributed by atoms with Crippen molar-refractivity contribution < 1.29 is 39.7 Å². The molecule has 0 spiro atoms. The number of carbonyl (C=O) groups excluding carboxylic acids is 2. The Kier molecular flexibility index (Phi) is 6.65. The first-order valence-electron chi connectivity index (χ1n) is 6.25. The zero-order valence-corrected chi connectivity index (χ0v) is 12.6. The summed E-state index contributed by atoms with van der Waals surface area (Å²) in [4.78, 5) is 30.7. The number of ether oxygens (including phenoxy) is 1. The van der Waals surface area contributed by atoms with Crippen LogP contribution in [0.25, 0.3) is 0 Å². The summed E-state index contributed by atoms with van der Waals surface area (Å²) < 4.78 is 4.32. The predicted molar refractivity (Wildman–Crippen MR) is 78.5 cm³/mol. The van der Waals surface area contributed by atoms with Gasteiger partial charge in [-0.3, -0.25) is 14.9 Å². The van der Waals surface area contributed by atoms with Crippen LogP contribution in [0.1, 0.15) is 10.4 Å². The second-order valence-corrected chi connectivity index (χ2v) is 4.73. The number of aliphatic hydroxyl groups excluding tert-OH is 4. The van der Waals surface area contributed by atoms with E-state index in [0.29, 0.717) is 0 Å². The van der Waals surface area contributed by atoms with Gasteiger partial charge in [0.25, 0.3) is 10.9 Å². The third kappa shape index (κ3) is 4.65. The van der Waals surface area contributed by atoms with Gasteiger partial charge in [-0.25, -0.2) is 4.79 Å². The van der Waals surface area contributed by atoms with Gasteiger partial charge in [0.1, 0.15) is 6.10 Å². The highest BCUT2D eigenvalue weighted by atomic mass is 35.5. The highest BCUT2D eigenvalue weighted by Crippen LogP contribution is 2.20. The molecule has 4 N–H and O–H groups in total. The zero-order valence-electron chi connectivity index (χ0n) is 11.8. The van der Waals surface area contributed by atoms with E-state index < -0.39 is 46.5 Å². The number of rotatable bonds is 4. The Labute approximate surface area is 139 Å². The number of esters is 1. The van der Waals surface area contributed by atoms with E-state index in [-0.39, 0.29) is 11.3 Å². The minimum Gasteiger partial charge on any atom is -0.505 e. The summed E-state index contributed by atoms with van der Waals surface area (Å²) >= 11 is 5.13. The Morgan fingerprint density at radius 1 is 1.33 bits per heavy atom. The molecular weight excluding hydrogens is 350 g/mol. The lowest BCUT2D eigenvalue weighted by Crippen LogP contribution is -2.31. The molecule has 1 heterocycles. The highest BCUT2D eigenvalue weighted by molar-refractivity contribution is 6.67. The number of nitro benzene ring substituents is 1. The SMILES string of the molecule is O=C(Cl)c1ccc([N+](=O)[O-])cc1.O=C1O[C@H]([C@@H](O)CO)C(O)=C1O. The third-order valence-corrected chi connectivity index (χ3v) is 3.00. The first-order valence-corrected chi connectivity index (χ1v) is 6.63. The van der Waals surface area contributed by atoms with E-state index in [4.69, 9.17) is 32.0 Å². The van der Waals surface area contributed by atoms with Crippen molar-refractivity contribution in [1.29, 1.82) is 0 Å². The van der Waals surface area contributed by atoms with Crippen molar-refractivity contribution in [2.24, 2.45) is 0 Å². The van der Waals surface area contributed by atoms with E-state index in [1.165, 1.54) is 24.3 Å². The second kappa shape index (κ2) is 8.24. The first kappa shape index (κ1) is 19.4. The standard InChI is InChI=1S/C7H4ClNO3.C6H8O6/c8-7(10)5-1-3-6(4-2-5)9(11)12;7-1-2(8)5-3(9)4(10)6(11)12-5/h1-4H;2,5,7-10H,1H2/t;2-,5+/m.0/s1. The summed E-state index contributed by atoms with van der Waals surface area (Å²) in [5, 5.41) is 44.6. The molecule has 0 amide bonds. The molecule has 0 saturated heterocycles. The summed E-state index contributed by atoms with van der Waals surface area (Å²) in [7, 11) is 0. The van der Waals surface area contributed by atoms with Gasteiger partial charge in [0.05, 0.1) is 11.5 Å². The molecule has 1 aromatic rings. The number of nitro groups is 1. The van der Waals surface area contributed by atoms with Crippen molar-refractivity contribution in [3.8, 4) is 0 Å². The molecule has 1 aromatic carbocycles. The number of carbonyl (C=O) groups is 2. The smallest absolute Gasteiger partial charge is 0.377 e. The fourth-order valence-electron chi connectivity index (χ4n) is 1.54.